The van der Waals surface area contributed by atoms with Crippen molar-refractivity contribution in [3.05, 3.63) is 71.8 Å². The summed E-state index contributed by atoms with van der Waals surface area (Å²) in [4.78, 5) is 26.6. The average molecular weight is 572 g/mol. The topological polar surface area (TPSA) is 112 Å². The molecular weight excluding hydrogens is 549 g/mol. The molecule has 0 bridgehead atoms. The minimum Gasteiger partial charge on any atom is -0.451 e. The first-order valence-corrected chi connectivity index (χ1v) is 12.3. The maximum atomic E-state index is 15.4. The lowest BCUT2D eigenvalue weighted by Crippen LogP contribution is -2.41. The van der Waals surface area contributed by atoms with Crippen molar-refractivity contribution in [1.29, 1.82) is 0 Å². The van der Waals surface area contributed by atoms with Gasteiger partial charge in [-0.3, -0.25) is 9.79 Å². The van der Waals surface area contributed by atoms with Gasteiger partial charge in [-0.05, 0) is 25.0 Å². The van der Waals surface area contributed by atoms with Gasteiger partial charge in [0.15, 0.2) is 17.3 Å². The van der Waals surface area contributed by atoms with Crippen molar-refractivity contribution >= 4 is 29.0 Å². The lowest BCUT2D eigenvalue weighted by atomic mass is 10.0. The number of likely N-dealkylation sites (tertiary alicyclic amines) is 1. The van der Waals surface area contributed by atoms with Crippen LogP contribution in [0.3, 0.4) is 0 Å². The minimum atomic E-state index is -1.77. The van der Waals surface area contributed by atoms with Crippen molar-refractivity contribution in [2.75, 3.05) is 25.9 Å². The summed E-state index contributed by atoms with van der Waals surface area (Å²) >= 11 is 0. The van der Waals surface area contributed by atoms with Crippen molar-refractivity contribution in [2.45, 2.75) is 18.9 Å². The Morgan fingerprint density at radius 3 is 2.54 bits per heavy atom. The molecule has 41 heavy (non-hydrogen) atoms. The molecule has 2 aromatic heterocycles. The number of anilines is 1. The maximum Gasteiger partial charge on any atom is 0.254 e. The van der Waals surface area contributed by atoms with Crippen LogP contribution in [0.2, 0.25) is 0 Å². The highest BCUT2D eigenvalue weighted by molar-refractivity contribution is 6.11. The van der Waals surface area contributed by atoms with E-state index in [-0.39, 0.29) is 52.6 Å². The minimum absolute atomic E-state index is 0.0200. The SMILES string of the molecule is C=C(C=NC)C(=O)N1CCCC(n2nc(-c3ccc(Oc4c(F)c(F)cc(F)c4F)cc3F)c3c(N)ncnc32)C1. The molecule has 2 aromatic carbocycles. The fourth-order valence-corrected chi connectivity index (χ4v) is 4.70. The molecule has 1 atom stereocenters. The molecule has 2 N–H and O–H groups in total. The molecule has 1 saturated heterocycles. The predicted octanol–water partition coefficient (Wildman–Crippen LogP) is 4.98. The highest BCUT2D eigenvalue weighted by Gasteiger charge is 2.30. The van der Waals surface area contributed by atoms with Gasteiger partial charge in [0.1, 0.15) is 29.4 Å². The molecule has 1 aliphatic heterocycles. The Morgan fingerprint density at radius 2 is 1.85 bits per heavy atom. The summed E-state index contributed by atoms with van der Waals surface area (Å²) in [6.07, 6.45) is 3.90. The second-order valence-electron chi connectivity index (χ2n) is 9.25. The molecule has 0 saturated carbocycles. The molecule has 1 unspecified atom stereocenters. The molecular formula is C27H22F5N7O2. The summed E-state index contributed by atoms with van der Waals surface area (Å²) < 4.78 is 77.2. The number of aliphatic imine (C=N–C) groups is 1. The number of hydrogen-bond acceptors (Lipinski definition) is 7. The van der Waals surface area contributed by atoms with Crippen LogP contribution in [0.1, 0.15) is 18.9 Å². The van der Waals surface area contributed by atoms with Crippen molar-refractivity contribution in [3.63, 3.8) is 0 Å². The zero-order valence-electron chi connectivity index (χ0n) is 21.5. The Bertz CT molecular complexity index is 1700. The van der Waals surface area contributed by atoms with E-state index in [2.05, 4.69) is 26.6 Å². The predicted molar refractivity (Wildman–Crippen MR) is 140 cm³/mol. The van der Waals surface area contributed by atoms with Gasteiger partial charge in [0.05, 0.1) is 17.0 Å². The van der Waals surface area contributed by atoms with E-state index in [1.54, 1.807) is 9.58 Å². The molecule has 0 aliphatic carbocycles. The molecule has 9 nitrogen and oxygen atoms in total. The Morgan fingerprint density at radius 1 is 1.12 bits per heavy atom. The fourth-order valence-electron chi connectivity index (χ4n) is 4.70. The van der Waals surface area contributed by atoms with E-state index < -0.39 is 40.6 Å². The lowest BCUT2D eigenvalue weighted by molar-refractivity contribution is -0.128. The maximum absolute atomic E-state index is 15.4. The van der Waals surface area contributed by atoms with E-state index in [0.717, 1.165) is 12.1 Å². The van der Waals surface area contributed by atoms with Gasteiger partial charge in [-0.15, -0.1) is 0 Å². The van der Waals surface area contributed by atoms with Crippen LogP contribution in [-0.2, 0) is 4.79 Å². The Labute approximate surface area is 229 Å². The number of piperidine rings is 1. The summed E-state index contributed by atoms with van der Waals surface area (Å²) in [7, 11) is 1.54. The van der Waals surface area contributed by atoms with Crippen LogP contribution in [0, 0.1) is 29.1 Å². The van der Waals surface area contributed by atoms with Crippen LogP contribution in [-0.4, -0.2) is 56.9 Å². The number of nitrogen functional groups attached to an aromatic ring is 1. The largest absolute Gasteiger partial charge is 0.451 e. The third-order valence-electron chi connectivity index (χ3n) is 6.59. The number of carbonyl (C=O) groups excluding carboxylic acids is 1. The van der Waals surface area contributed by atoms with Gasteiger partial charge < -0.3 is 15.4 Å². The number of ether oxygens (including phenoxy) is 1. The van der Waals surface area contributed by atoms with Crippen molar-refractivity contribution in [1.82, 2.24) is 24.6 Å². The van der Waals surface area contributed by atoms with Gasteiger partial charge >= 0.3 is 0 Å². The zero-order valence-corrected chi connectivity index (χ0v) is 21.5. The average Bonchev–Trinajstić information content (AvgIpc) is 3.35. The normalized spacial score (nSPS) is 15.6. The molecule has 5 rings (SSSR count). The molecule has 212 valence electrons. The molecule has 1 amide bonds. The van der Waals surface area contributed by atoms with Gasteiger partial charge in [0.25, 0.3) is 5.91 Å². The highest BCUT2D eigenvalue weighted by Crippen LogP contribution is 2.37. The lowest BCUT2D eigenvalue weighted by Gasteiger charge is -2.33. The van der Waals surface area contributed by atoms with E-state index in [9.17, 15) is 22.4 Å². The third-order valence-corrected chi connectivity index (χ3v) is 6.59. The van der Waals surface area contributed by atoms with Crippen LogP contribution in [0.5, 0.6) is 11.5 Å². The van der Waals surface area contributed by atoms with E-state index in [4.69, 9.17) is 10.5 Å². The first kappa shape index (κ1) is 27.7. The van der Waals surface area contributed by atoms with Gasteiger partial charge in [-0.1, -0.05) is 6.58 Å². The highest BCUT2D eigenvalue weighted by atomic mass is 19.2. The smallest absolute Gasteiger partial charge is 0.254 e. The Kier molecular flexibility index (Phi) is 7.39. The summed E-state index contributed by atoms with van der Waals surface area (Å²) in [6, 6.07) is 2.83. The summed E-state index contributed by atoms with van der Waals surface area (Å²) in [5, 5.41) is 4.84. The van der Waals surface area contributed by atoms with Gasteiger partial charge in [-0.2, -0.15) is 13.9 Å². The van der Waals surface area contributed by atoms with Crippen molar-refractivity contribution in [2.24, 2.45) is 4.99 Å². The number of amides is 1. The Hall–Kier alpha value is -4.88. The molecule has 1 fully saturated rings. The van der Waals surface area contributed by atoms with E-state index in [0.29, 0.717) is 25.0 Å². The standard InChI is InChI=1S/C27H22F5N7O2/c1-13(10-34-2)27(40)38-7-3-4-14(11-38)39-26-20(25(33)35-12-36-26)23(37-39)16-6-5-15(8-17(16)28)41-24-21(31)18(29)9-19(30)22(24)32/h5-6,8-10,12,14H,1,3-4,7,11H2,2H3,(H2,33,35,36). The number of nitrogens with two attached hydrogens (primary N) is 1. The van der Waals surface area contributed by atoms with Gasteiger partial charge in [0.2, 0.25) is 17.4 Å². The summed E-state index contributed by atoms with van der Waals surface area (Å²) in [5.74, 6) is -9.87. The van der Waals surface area contributed by atoms with Crippen LogP contribution in [0.4, 0.5) is 27.8 Å². The van der Waals surface area contributed by atoms with E-state index in [1.165, 1.54) is 25.7 Å². The molecule has 4 aromatic rings. The number of hydrogen-bond donors (Lipinski definition) is 1. The molecule has 1 aliphatic rings. The van der Waals surface area contributed by atoms with Crippen LogP contribution < -0.4 is 10.5 Å². The quantitative estimate of drug-likeness (QED) is 0.151. The number of benzene rings is 2. The monoisotopic (exact) mass is 571 g/mol. The first-order chi connectivity index (χ1) is 19.6. The van der Waals surface area contributed by atoms with Gasteiger partial charge in [-0.25, -0.2) is 27.8 Å². The second-order valence-corrected chi connectivity index (χ2v) is 9.25. The third kappa shape index (κ3) is 5.08. The number of aromatic nitrogens is 4. The van der Waals surface area contributed by atoms with Crippen LogP contribution >= 0.6 is 0 Å². The summed E-state index contributed by atoms with van der Waals surface area (Å²) in [5.41, 5.74) is 6.66. The molecule has 3 heterocycles. The molecule has 0 spiro atoms. The van der Waals surface area contributed by atoms with Crippen LogP contribution in [0.25, 0.3) is 22.3 Å². The summed E-state index contributed by atoms with van der Waals surface area (Å²) in [6.45, 7) is 4.52. The Balaban J connectivity index is 1.51. The number of rotatable bonds is 6. The number of carbonyl (C=O) groups is 1. The van der Waals surface area contributed by atoms with E-state index >= 15 is 4.39 Å². The fraction of sp³-hybridized carbons (Fsp3) is 0.222. The zero-order chi connectivity index (χ0) is 29.4. The molecule has 14 heteroatoms. The van der Waals surface area contributed by atoms with E-state index in [1.807, 2.05) is 0 Å². The van der Waals surface area contributed by atoms with Crippen LogP contribution in [0.15, 0.2) is 47.7 Å². The number of fused-ring (bicyclic) bond motifs is 1. The number of halogens is 5. The first-order valence-electron chi connectivity index (χ1n) is 12.3. The number of nitrogens with zero attached hydrogens (tertiary/aromatic N) is 6. The molecule has 0 radical (unpaired) electrons. The second kappa shape index (κ2) is 10.9. The van der Waals surface area contributed by atoms with Gasteiger partial charge in [0, 0.05) is 44.0 Å². The van der Waals surface area contributed by atoms with Crippen molar-refractivity contribution < 1.29 is 31.5 Å². The van der Waals surface area contributed by atoms with Crippen molar-refractivity contribution in [3.8, 4) is 22.8 Å².